The van der Waals surface area contributed by atoms with Crippen molar-refractivity contribution >= 4 is 28.7 Å². The number of nitrogens with zero attached hydrogens (tertiary/aromatic N) is 3. The molecule has 2 aromatic heterocycles. The number of nitrogens with two attached hydrogens (primary N) is 1. The maximum absolute atomic E-state index is 14.8. The molecule has 3 N–H and O–H groups in total. The van der Waals surface area contributed by atoms with Crippen LogP contribution in [0.2, 0.25) is 0 Å². The van der Waals surface area contributed by atoms with Gasteiger partial charge in [0.2, 0.25) is 11.3 Å². The molecule has 2 fully saturated rings. The first-order chi connectivity index (χ1) is 18.3. The highest BCUT2D eigenvalue weighted by atomic mass is 19.4. The average Bonchev–Trinajstić information content (AvgIpc) is 3.55. The van der Waals surface area contributed by atoms with Gasteiger partial charge in [0.05, 0.1) is 11.9 Å². The first kappa shape index (κ1) is 26.5. The molecular formula is C24H19F6N5O4. The van der Waals surface area contributed by atoms with Crippen molar-refractivity contribution in [2.24, 2.45) is 11.7 Å². The van der Waals surface area contributed by atoms with Crippen LogP contribution >= 0.6 is 0 Å². The van der Waals surface area contributed by atoms with Gasteiger partial charge in [-0.25, -0.2) is 18.2 Å². The number of rotatable bonds is 6. The van der Waals surface area contributed by atoms with Crippen LogP contribution in [-0.4, -0.2) is 53.0 Å². The number of halogens is 6. The minimum absolute atomic E-state index is 0.0299. The van der Waals surface area contributed by atoms with E-state index in [0.29, 0.717) is 22.9 Å². The van der Waals surface area contributed by atoms with Crippen molar-refractivity contribution in [2.75, 3.05) is 18.2 Å². The van der Waals surface area contributed by atoms with Crippen LogP contribution in [0.15, 0.2) is 35.3 Å². The topological polar surface area (TPSA) is 120 Å². The summed E-state index contributed by atoms with van der Waals surface area (Å²) in [6.07, 6.45) is -4.66. The molecule has 0 spiro atoms. The van der Waals surface area contributed by atoms with Gasteiger partial charge in [0.25, 0.3) is 5.91 Å². The largest absolute Gasteiger partial charge is 0.408 e. The van der Waals surface area contributed by atoms with Gasteiger partial charge in [-0.3, -0.25) is 19.0 Å². The van der Waals surface area contributed by atoms with Crippen molar-refractivity contribution in [3.8, 4) is 5.69 Å². The maximum atomic E-state index is 14.8. The number of anilines is 1. The summed E-state index contributed by atoms with van der Waals surface area (Å²) >= 11 is 0. The molecule has 1 saturated heterocycles. The Morgan fingerprint density at radius 3 is 2.36 bits per heavy atom. The van der Waals surface area contributed by atoms with E-state index in [1.807, 2.05) is 5.32 Å². The van der Waals surface area contributed by atoms with E-state index in [4.69, 9.17) is 10.5 Å². The number of fused-ring (bicyclic) bond motifs is 1. The first-order valence-corrected chi connectivity index (χ1v) is 11.6. The Morgan fingerprint density at radius 2 is 1.79 bits per heavy atom. The predicted octanol–water partition coefficient (Wildman–Crippen LogP) is 2.52. The van der Waals surface area contributed by atoms with Crippen LogP contribution in [0.25, 0.3) is 16.7 Å². The lowest BCUT2D eigenvalue weighted by atomic mass is 10.1. The fourth-order valence-electron chi connectivity index (χ4n) is 4.40. The molecule has 9 nitrogen and oxygen atoms in total. The molecule has 39 heavy (non-hydrogen) atoms. The summed E-state index contributed by atoms with van der Waals surface area (Å²) in [5.41, 5.74) is 2.03. The Balaban J connectivity index is 1.67. The molecule has 15 heteroatoms. The zero-order chi connectivity index (χ0) is 28.2. The smallest absolute Gasteiger partial charge is 0.367 e. The van der Waals surface area contributed by atoms with Crippen molar-refractivity contribution in [1.82, 2.24) is 14.9 Å². The Bertz CT molecular complexity index is 1530. The number of pyridine rings is 2. The predicted molar refractivity (Wildman–Crippen MR) is 124 cm³/mol. The van der Waals surface area contributed by atoms with Gasteiger partial charge in [-0.05, 0) is 30.9 Å². The van der Waals surface area contributed by atoms with E-state index in [1.54, 1.807) is 0 Å². The van der Waals surface area contributed by atoms with Crippen molar-refractivity contribution < 1.29 is 40.7 Å². The van der Waals surface area contributed by atoms with Crippen molar-refractivity contribution in [3.05, 3.63) is 63.7 Å². The summed E-state index contributed by atoms with van der Waals surface area (Å²) in [6, 6.07) is 0.936. The molecule has 3 heterocycles. The van der Waals surface area contributed by atoms with Gasteiger partial charge in [0.1, 0.15) is 35.7 Å². The maximum Gasteiger partial charge on any atom is 0.408 e. The monoisotopic (exact) mass is 555 g/mol. The van der Waals surface area contributed by atoms with E-state index in [2.05, 4.69) is 4.98 Å². The fraction of sp³-hybridized carbons (Fsp3) is 0.333. The van der Waals surface area contributed by atoms with Gasteiger partial charge in [-0.1, -0.05) is 0 Å². The van der Waals surface area contributed by atoms with E-state index >= 15 is 0 Å². The van der Waals surface area contributed by atoms with Crippen LogP contribution in [0.1, 0.15) is 23.2 Å². The van der Waals surface area contributed by atoms with Crippen molar-refractivity contribution in [3.63, 3.8) is 0 Å². The molecule has 2 atom stereocenters. The molecule has 206 valence electrons. The molecule has 1 aliphatic carbocycles. The number of benzene rings is 1. The van der Waals surface area contributed by atoms with E-state index in [1.165, 1.54) is 11.0 Å². The molecule has 2 aliphatic rings. The van der Waals surface area contributed by atoms with E-state index < -0.39 is 75.8 Å². The minimum atomic E-state index is -4.79. The van der Waals surface area contributed by atoms with Crippen molar-refractivity contribution in [2.45, 2.75) is 31.2 Å². The summed E-state index contributed by atoms with van der Waals surface area (Å²) < 4.78 is 89.8. The Morgan fingerprint density at radius 1 is 1.13 bits per heavy atom. The number of nitrogens with one attached hydrogen (secondary N) is 1. The second-order valence-corrected chi connectivity index (χ2v) is 9.24. The third-order valence-electron chi connectivity index (χ3n) is 6.50. The number of primary amides is 1. The highest BCUT2D eigenvalue weighted by Crippen LogP contribution is 2.40. The zero-order valence-corrected chi connectivity index (χ0v) is 19.8. The van der Waals surface area contributed by atoms with Gasteiger partial charge >= 0.3 is 6.18 Å². The molecule has 2 amide bonds. The third kappa shape index (κ3) is 5.01. The molecular weight excluding hydrogens is 536 g/mol. The summed E-state index contributed by atoms with van der Waals surface area (Å²) in [7, 11) is 0. The van der Waals surface area contributed by atoms with E-state index in [9.17, 15) is 40.7 Å². The van der Waals surface area contributed by atoms with Gasteiger partial charge in [0.15, 0.2) is 23.4 Å². The molecule has 5 rings (SSSR count). The highest BCUT2D eigenvalue weighted by molar-refractivity contribution is 5.97. The van der Waals surface area contributed by atoms with Gasteiger partial charge < -0.3 is 20.7 Å². The summed E-state index contributed by atoms with van der Waals surface area (Å²) in [5.74, 6) is -7.04. The van der Waals surface area contributed by atoms with E-state index in [0.717, 1.165) is 6.07 Å². The van der Waals surface area contributed by atoms with Gasteiger partial charge in [-0.2, -0.15) is 13.2 Å². The van der Waals surface area contributed by atoms with Crippen LogP contribution in [0.3, 0.4) is 0 Å². The molecule has 1 aliphatic heterocycles. The zero-order valence-electron chi connectivity index (χ0n) is 19.8. The number of ether oxygens (including phenoxy) is 1. The Labute approximate surface area is 215 Å². The van der Waals surface area contributed by atoms with Crippen LogP contribution in [-0.2, 0) is 9.53 Å². The lowest BCUT2D eigenvalue weighted by Crippen LogP contribution is -2.48. The number of alkyl halides is 3. The third-order valence-corrected chi connectivity index (χ3v) is 6.50. The second kappa shape index (κ2) is 9.55. The summed E-state index contributed by atoms with van der Waals surface area (Å²) in [4.78, 5) is 43.3. The Hall–Kier alpha value is -4.14. The number of hydrogen-bond donors (Lipinski definition) is 2. The normalized spacial score (nSPS) is 18.4. The number of hydrogen-bond acceptors (Lipinski definition) is 6. The van der Waals surface area contributed by atoms with Crippen molar-refractivity contribution in [1.29, 1.82) is 0 Å². The average molecular weight is 555 g/mol. The van der Waals surface area contributed by atoms with Gasteiger partial charge in [0, 0.05) is 18.3 Å². The van der Waals surface area contributed by atoms with Crippen LogP contribution in [0, 0.1) is 23.4 Å². The molecule has 1 aromatic carbocycles. The number of carbonyl (C=O) groups excluding carboxylic acids is 2. The quantitative estimate of drug-likeness (QED) is 0.452. The first-order valence-electron chi connectivity index (χ1n) is 11.6. The molecule has 3 aromatic rings. The molecule has 0 bridgehead atoms. The standard InChI is InChI=1S/C24H19F6N5O4/c25-11-5-14(26)18(15(27)6-11)35-7-13(23(38)33-20(10-1-2-10)24(28,29)30)19(36)12-3-4-17(32-22(12)35)34-8-16(21(31)37)39-9-34/h3-7,10,16,20H,1-2,8-9H2,(H2,31,37)(H,33,38)/t16-,20-/m0/s1. The van der Waals surface area contributed by atoms with Crippen LogP contribution < -0.4 is 21.4 Å². The number of amides is 2. The minimum Gasteiger partial charge on any atom is -0.367 e. The summed E-state index contributed by atoms with van der Waals surface area (Å²) in [5, 5.41) is 1.45. The number of carbonyl (C=O) groups is 2. The van der Waals surface area contributed by atoms with Gasteiger partial charge in [-0.15, -0.1) is 0 Å². The van der Waals surface area contributed by atoms with Crippen LogP contribution in [0.5, 0.6) is 0 Å². The van der Waals surface area contributed by atoms with E-state index in [-0.39, 0.29) is 37.3 Å². The lowest BCUT2D eigenvalue weighted by Gasteiger charge is -2.22. The highest BCUT2D eigenvalue weighted by Gasteiger charge is 2.50. The fourth-order valence-corrected chi connectivity index (χ4v) is 4.40. The number of aromatic nitrogens is 2. The Kier molecular flexibility index (Phi) is 6.48. The van der Waals surface area contributed by atoms with Crippen LogP contribution in [0.4, 0.5) is 32.2 Å². The lowest BCUT2D eigenvalue weighted by molar-refractivity contribution is -0.158. The SMILES string of the molecule is NC(=O)[C@@H]1CN(c2ccc3c(=O)c(C(=O)N[C@@H](C4CC4)C(F)(F)F)cn(-c4c(F)cc(F)cc4F)c3n2)CO1. The summed E-state index contributed by atoms with van der Waals surface area (Å²) in [6.45, 7) is -0.173. The molecule has 0 radical (unpaired) electrons. The second-order valence-electron chi connectivity index (χ2n) is 9.24. The molecule has 0 unspecified atom stereocenters. The molecule has 1 saturated carbocycles.